The fourth-order valence-corrected chi connectivity index (χ4v) is 2.85. The third-order valence-corrected chi connectivity index (χ3v) is 4.26. The van der Waals surface area contributed by atoms with E-state index in [1.807, 2.05) is 30.3 Å². The number of amides is 1. The topological polar surface area (TPSA) is 71.5 Å². The Labute approximate surface area is 141 Å². The standard InChI is InChI=1S/C19H22N2O3/c22-17-8-6-16(7-9-17)21-19(23)15-10-11-20-18(12-15)24-13-14-4-2-1-3-5-14/h1-5,10-12,16-17,22H,6-9,13H2,(H,21,23). The van der Waals surface area contributed by atoms with Gasteiger partial charge in [-0.05, 0) is 37.3 Å². The molecule has 1 aromatic heterocycles. The van der Waals surface area contributed by atoms with Crippen molar-refractivity contribution in [1.82, 2.24) is 10.3 Å². The molecule has 0 spiro atoms. The SMILES string of the molecule is O=C(NC1CCC(O)CC1)c1ccnc(OCc2ccccc2)c1. The molecule has 3 rings (SSSR count). The number of aliphatic hydroxyl groups excluding tert-OH is 1. The number of aromatic nitrogens is 1. The summed E-state index contributed by atoms with van der Waals surface area (Å²) in [5, 5.41) is 12.6. The Morgan fingerprint density at radius 3 is 2.67 bits per heavy atom. The fraction of sp³-hybridized carbons (Fsp3) is 0.368. The third kappa shape index (κ3) is 4.55. The summed E-state index contributed by atoms with van der Waals surface area (Å²) in [5.41, 5.74) is 1.59. The van der Waals surface area contributed by atoms with Crippen LogP contribution in [0.25, 0.3) is 0 Å². The van der Waals surface area contributed by atoms with Gasteiger partial charge in [0.2, 0.25) is 5.88 Å². The van der Waals surface area contributed by atoms with Crippen LogP contribution < -0.4 is 10.1 Å². The highest BCUT2D eigenvalue weighted by molar-refractivity contribution is 5.94. The van der Waals surface area contributed by atoms with Crippen LogP contribution >= 0.6 is 0 Å². The molecule has 1 saturated carbocycles. The van der Waals surface area contributed by atoms with Crippen molar-refractivity contribution in [1.29, 1.82) is 0 Å². The van der Waals surface area contributed by atoms with Crippen LogP contribution in [0.3, 0.4) is 0 Å². The Morgan fingerprint density at radius 1 is 1.17 bits per heavy atom. The molecular weight excluding hydrogens is 304 g/mol. The number of carbonyl (C=O) groups is 1. The van der Waals surface area contributed by atoms with E-state index in [9.17, 15) is 9.90 Å². The van der Waals surface area contributed by atoms with Gasteiger partial charge in [-0.25, -0.2) is 4.98 Å². The quantitative estimate of drug-likeness (QED) is 0.886. The Bertz CT molecular complexity index is 667. The average molecular weight is 326 g/mol. The molecule has 24 heavy (non-hydrogen) atoms. The zero-order valence-corrected chi connectivity index (χ0v) is 13.5. The molecule has 1 aliphatic rings. The van der Waals surface area contributed by atoms with Crippen LogP contribution in [-0.4, -0.2) is 28.1 Å². The summed E-state index contributed by atoms with van der Waals surface area (Å²) < 4.78 is 5.66. The first-order chi connectivity index (χ1) is 11.7. The van der Waals surface area contributed by atoms with E-state index in [4.69, 9.17) is 4.74 Å². The number of nitrogens with zero attached hydrogens (tertiary/aromatic N) is 1. The van der Waals surface area contributed by atoms with Crippen molar-refractivity contribution >= 4 is 5.91 Å². The van der Waals surface area contributed by atoms with Gasteiger partial charge in [0, 0.05) is 23.9 Å². The molecule has 0 bridgehead atoms. The van der Waals surface area contributed by atoms with Crippen LogP contribution in [0.1, 0.15) is 41.6 Å². The van der Waals surface area contributed by atoms with Crippen LogP contribution in [0.15, 0.2) is 48.7 Å². The molecule has 2 aromatic rings. The maximum absolute atomic E-state index is 12.4. The molecule has 0 aliphatic heterocycles. The molecule has 1 heterocycles. The largest absolute Gasteiger partial charge is 0.473 e. The minimum Gasteiger partial charge on any atom is -0.473 e. The zero-order chi connectivity index (χ0) is 16.8. The predicted molar refractivity (Wildman–Crippen MR) is 90.7 cm³/mol. The van der Waals surface area contributed by atoms with Gasteiger partial charge < -0.3 is 15.2 Å². The van der Waals surface area contributed by atoms with Gasteiger partial charge in [0.05, 0.1) is 6.10 Å². The maximum Gasteiger partial charge on any atom is 0.251 e. The van der Waals surface area contributed by atoms with E-state index in [0.29, 0.717) is 18.1 Å². The van der Waals surface area contributed by atoms with Gasteiger partial charge >= 0.3 is 0 Å². The lowest BCUT2D eigenvalue weighted by molar-refractivity contribution is 0.0867. The molecule has 0 atom stereocenters. The van der Waals surface area contributed by atoms with Crippen molar-refractivity contribution in [2.75, 3.05) is 0 Å². The summed E-state index contributed by atoms with van der Waals surface area (Å²) >= 11 is 0. The van der Waals surface area contributed by atoms with Gasteiger partial charge in [-0.1, -0.05) is 30.3 Å². The number of nitrogens with one attached hydrogen (secondary N) is 1. The Morgan fingerprint density at radius 2 is 1.92 bits per heavy atom. The molecule has 0 unspecified atom stereocenters. The minimum absolute atomic E-state index is 0.122. The zero-order valence-electron chi connectivity index (χ0n) is 13.5. The predicted octanol–water partition coefficient (Wildman–Crippen LogP) is 2.69. The average Bonchev–Trinajstić information content (AvgIpc) is 2.63. The number of aliphatic hydroxyl groups is 1. The highest BCUT2D eigenvalue weighted by Crippen LogP contribution is 2.19. The molecule has 0 saturated heterocycles. The van der Waals surface area contributed by atoms with Crippen molar-refractivity contribution in [2.24, 2.45) is 0 Å². The lowest BCUT2D eigenvalue weighted by Gasteiger charge is -2.26. The number of hydrogen-bond donors (Lipinski definition) is 2. The van der Waals surface area contributed by atoms with Gasteiger partial charge in [-0.2, -0.15) is 0 Å². The number of hydrogen-bond acceptors (Lipinski definition) is 4. The van der Waals surface area contributed by atoms with Crippen molar-refractivity contribution < 1.29 is 14.6 Å². The number of pyridine rings is 1. The lowest BCUT2D eigenvalue weighted by Crippen LogP contribution is -2.38. The Hall–Kier alpha value is -2.40. The maximum atomic E-state index is 12.4. The second-order valence-electron chi connectivity index (χ2n) is 6.14. The molecular formula is C19H22N2O3. The first-order valence-corrected chi connectivity index (χ1v) is 8.32. The highest BCUT2D eigenvalue weighted by atomic mass is 16.5. The molecule has 1 aliphatic carbocycles. The molecule has 5 nitrogen and oxygen atoms in total. The second-order valence-corrected chi connectivity index (χ2v) is 6.14. The van der Waals surface area contributed by atoms with Gasteiger partial charge in [0.15, 0.2) is 0 Å². The summed E-state index contributed by atoms with van der Waals surface area (Å²) in [6.07, 6.45) is 4.47. The minimum atomic E-state index is -0.225. The third-order valence-electron chi connectivity index (χ3n) is 4.26. The number of benzene rings is 1. The van der Waals surface area contributed by atoms with Crippen LogP contribution in [0.5, 0.6) is 5.88 Å². The molecule has 2 N–H and O–H groups in total. The number of carbonyl (C=O) groups excluding carboxylic acids is 1. The summed E-state index contributed by atoms with van der Waals surface area (Å²) in [7, 11) is 0. The molecule has 1 fully saturated rings. The van der Waals surface area contributed by atoms with Crippen molar-refractivity contribution in [3.8, 4) is 5.88 Å². The molecule has 5 heteroatoms. The van der Waals surface area contributed by atoms with Crippen LogP contribution in [0.2, 0.25) is 0 Å². The monoisotopic (exact) mass is 326 g/mol. The van der Waals surface area contributed by atoms with Gasteiger partial charge in [-0.15, -0.1) is 0 Å². The smallest absolute Gasteiger partial charge is 0.251 e. The molecule has 0 radical (unpaired) electrons. The Balaban J connectivity index is 1.57. The molecule has 1 amide bonds. The molecule has 1 aromatic carbocycles. The fourth-order valence-electron chi connectivity index (χ4n) is 2.85. The summed E-state index contributed by atoms with van der Waals surface area (Å²) in [5.74, 6) is 0.314. The van der Waals surface area contributed by atoms with Crippen LogP contribution in [0.4, 0.5) is 0 Å². The van der Waals surface area contributed by atoms with Crippen LogP contribution in [-0.2, 0) is 6.61 Å². The van der Waals surface area contributed by atoms with E-state index in [1.54, 1.807) is 18.3 Å². The van der Waals surface area contributed by atoms with Gasteiger partial charge in [-0.3, -0.25) is 4.79 Å². The van der Waals surface area contributed by atoms with E-state index >= 15 is 0 Å². The summed E-state index contributed by atoms with van der Waals surface area (Å²) in [6.45, 7) is 0.416. The second kappa shape index (κ2) is 7.93. The summed E-state index contributed by atoms with van der Waals surface area (Å²) in [4.78, 5) is 16.5. The van der Waals surface area contributed by atoms with E-state index in [2.05, 4.69) is 10.3 Å². The normalized spacial score (nSPS) is 20.4. The van der Waals surface area contributed by atoms with E-state index in [0.717, 1.165) is 31.2 Å². The number of rotatable bonds is 5. The summed E-state index contributed by atoms with van der Waals surface area (Å²) in [6, 6.07) is 13.3. The van der Waals surface area contributed by atoms with Gasteiger partial charge in [0.1, 0.15) is 6.61 Å². The van der Waals surface area contributed by atoms with Crippen molar-refractivity contribution in [2.45, 2.75) is 44.4 Å². The molecule has 126 valence electrons. The lowest BCUT2D eigenvalue weighted by atomic mass is 9.93. The van der Waals surface area contributed by atoms with Gasteiger partial charge in [0.25, 0.3) is 5.91 Å². The van der Waals surface area contributed by atoms with Crippen molar-refractivity contribution in [3.05, 3.63) is 59.8 Å². The Kier molecular flexibility index (Phi) is 5.43. The van der Waals surface area contributed by atoms with Crippen molar-refractivity contribution in [3.63, 3.8) is 0 Å². The van der Waals surface area contributed by atoms with E-state index in [1.165, 1.54) is 0 Å². The first-order valence-electron chi connectivity index (χ1n) is 8.32. The van der Waals surface area contributed by atoms with E-state index in [-0.39, 0.29) is 18.1 Å². The van der Waals surface area contributed by atoms with E-state index < -0.39 is 0 Å². The highest BCUT2D eigenvalue weighted by Gasteiger charge is 2.21. The number of ether oxygens (including phenoxy) is 1. The first kappa shape index (κ1) is 16.5. The van der Waals surface area contributed by atoms with Crippen LogP contribution in [0, 0.1) is 0 Å².